The summed E-state index contributed by atoms with van der Waals surface area (Å²) in [5, 5.41) is 10.3. The summed E-state index contributed by atoms with van der Waals surface area (Å²) < 4.78 is 21.8. The normalized spacial score (nSPS) is 17.9. The molecule has 37 heavy (non-hydrogen) atoms. The number of carboxylic acid groups (broad SMARTS) is 1. The molecule has 0 amide bonds. The molecule has 0 bridgehead atoms. The maximum absolute atomic E-state index is 12.5. The summed E-state index contributed by atoms with van der Waals surface area (Å²) in [4.78, 5) is 14.8. The number of fused-ring (bicyclic) bond motifs is 1. The fourth-order valence-corrected chi connectivity index (χ4v) is 5.85. The zero-order chi connectivity index (χ0) is 27.1. The average Bonchev–Trinajstić information content (AvgIpc) is 2.90. The van der Waals surface area contributed by atoms with Gasteiger partial charge in [-0.05, 0) is 98.0 Å². The first-order chi connectivity index (χ1) is 17.7. The Morgan fingerprint density at radius 3 is 2.16 bits per heavy atom. The molecule has 3 atom stereocenters. The highest BCUT2D eigenvalue weighted by Crippen LogP contribution is 2.48. The second-order valence-corrected chi connectivity index (χ2v) is 10.4. The van der Waals surface area contributed by atoms with Crippen molar-refractivity contribution < 1.29 is 28.8 Å². The number of benzene rings is 2. The molecule has 2 aromatic rings. The van der Waals surface area contributed by atoms with Crippen LogP contribution in [-0.4, -0.2) is 64.6 Å². The lowest BCUT2D eigenvalue weighted by molar-refractivity contribution is -0.145. The minimum atomic E-state index is -0.701. The third-order valence-corrected chi connectivity index (χ3v) is 7.82. The molecule has 1 aliphatic carbocycles. The first-order valence-electron chi connectivity index (χ1n) is 13.1. The summed E-state index contributed by atoms with van der Waals surface area (Å²) in [6.45, 7) is 5.94. The largest absolute Gasteiger partial charge is 0.493 e. The van der Waals surface area contributed by atoms with Crippen molar-refractivity contribution >= 4 is 5.97 Å². The Morgan fingerprint density at radius 1 is 0.946 bits per heavy atom. The van der Waals surface area contributed by atoms with Crippen LogP contribution in [0.4, 0.5) is 0 Å². The van der Waals surface area contributed by atoms with Crippen LogP contribution < -0.4 is 18.9 Å². The van der Waals surface area contributed by atoms with Gasteiger partial charge < -0.3 is 29.0 Å². The number of aryl methyl sites for hydroxylation is 1. The summed E-state index contributed by atoms with van der Waals surface area (Å²) in [6, 6.07) is 10.1. The van der Waals surface area contributed by atoms with Gasteiger partial charge in [0.15, 0.2) is 23.0 Å². The van der Waals surface area contributed by atoms with Crippen molar-refractivity contribution in [2.45, 2.75) is 45.4 Å². The van der Waals surface area contributed by atoms with Gasteiger partial charge in [0, 0.05) is 6.54 Å². The topological polar surface area (TPSA) is 77.5 Å². The molecule has 0 saturated heterocycles. The average molecular weight is 514 g/mol. The first-order valence-corrected chi connectivity index (χ1v) is 13.1. The predicted molar refractivity (Wildman–Crippen MR) is 145 cm³/mol. The van der Waals surface area contributed by atoms with Gasteiger partial charge in [-0.2, -0.15) is 0 Å². The van der Waals surface area contributed by atoms with E-state index in [4.69, 9.17) is 18.9 Å². The van der Waals surface area contributed by atoms with Crippen molar-refractivity contribution in [1.82, 2.24) is 4.90 Å². The van der Waals surface area contributed by atoms with E-state index in [1.165, 1.54) is 11.1 Å². The number of hydrogen-bond acceptors (Lipinski definition) is 6. The molecule has 0 spiro atoms. The van der Waals surface area contributed by atoms with Crippen molar-refractivity contribution in [3.63, 3.8) is 0 Å². The van der Waals surface area contributed by atoms with Crippen molar-refractivity contribution in [3.8, 4) is 23.0 Å². The van der Waals surface area contributed by atoms with Crippen LogP contribution in [0.5, 0.6) is 23.0 Å². The highest BCUT2D eigenvalue weighted by molar-refractivity contribution is 5.71. The standard InChI is InChI=1S/C30H43NO6/c1-19(2)29-22(10-9-21-17-27(36-6)28(37-7)18-24(21)29)23(30(32)33)13-15-31(3)14-12-20-8-11-25(34-4)26(16-20)35-5/h8,11,16-19,22-23,29H,9-10,12-15H2,1-7H3,(H,32,33)/t22-,23?,29+/m0/s1. The van der Waals surface area contributed by atoms with E-state index in [1.807, 2.05) is 18.2 Å². The molecule has 204 valence electrons. The maximum atomic E-state index is 12.5. The molecule has 1 aliphatic rings. The van der Waals surface area contributed by atoms with Crippen LogP contribution in [0.15, 0.2) is 30.3 Å². The Bertz CT molecular complexity index is 1050. The number of methoxy groups -OCH3 is 4. The van der Waals surface area contributed by atoms with Crippen molar-refractivity contribution in [3.05, 3.63) is 47.0 Å². The van der Waals surface area contributed by atoms with Gasteiger partial charge in [0.1, 0.15) is 0 Å². The van der Waals surface area contributed by atoms with E-state index in [1.54, 1.807) is 28.4 Å². The van der Waals surface area contributed by atoms with Crippen molar-refractivity contribution in [1.29, 1.82) is 0 Å². The van der Waals surface area contributed by atoms with Gasteiger partial charge >= 0.3 is 5.97 Å². The summed E-state index contributed by atoms with van der Waals surface area (Å²) in [7, 11) is 8.63. The van der Waals surface area contributed by atoms with Gasteiger partial charge in [0.05, 0.1) is 34.4 Å². The minimum absolute atomic E-state index is 0.0716. The van der Waals surface area contributed by atoms with Gasteiger partial charge in [0.25, 0.3) is 0 Å². The van der Waals surface area contributed by atoms with E-state index in [2.05, 4.69) is 37.9 Å². The van der Waals surface area contributed by atoms with Crippen LogP contribution in [0.3, 0.4) is 0 Å². The fraction of sp³-hybridized carbons (Fsp3) is 0.567. The third-order valence-electron chi connectivity index (χ3n) is 7.82. The summed E-state index contributed by atoms with van der Waals surface area (Å²) in [6.07, 6.45) is 3.18. The highest BCUT2D eigenvalue weighted by atomic mass is 16.5. The zero-order valence-electron chi connectivity index (χ0n) is 23.4. The van der Waals surface area contributed by atoms with Crippen LogP contribution in [0, 0.1) is 17.8 Å². The molecule has 0 heterocycles. The van der Waals surface area contributed by atoms with Gasteiger partial charge in [0.2, 0.25) is 0 Å². The minimum Gasteiger partial charge on any atom is -0.493 e. The molecule has 7 heteroatoms. The Balaban J connectivity index is 1.71. The van der Waals surface area contributed by atoms with Crippen LogP contribution in [-0.2, 0) is 17.6 Å². The smallest absolute Gasteiger partial charge is 0.306 e. The molecule has 0 fully saturated rings. The van der Waals surface area contributed by atoms with Crippen LogP contribution in [0.2, 0.25) is 0 Å². The number of carboxylic acids is 1. The quantitative estimate of drug-likeness (QED) is 0.390. The molecule has 1 N–H and O–H groups in total. The summed E-state index contributed by atoms with van der Waals surface area (Å²) in [5.41, 5.74) is 3.60. The van der Waals surface area contributed by atoms with E-state index >= 15 is 0 Å². The molecule has 2 aromatic carbocycles. The van der Waals surface area contributed by atoms with Crippen LogP contribution >= 0.6 is 0 Å². The Kier molecular flexibility index (Phi) is 10.1. The fourth-order valence-electron chi connectivity index (χ4n) is 5.85. The molecule has 7 nitrogen and oxygen atoms in total. The predicted octanol–water partition coefficient (Wildman–Crippen LogP) is 5.29. The number of hydrogen-bond donors (Lipinski definition) is 1. The van der Waals surface area contributed by atoms with Crippen molar-refractivity contribution in [2.75, 3.05) is 48.6 Å². The van der Waals surface area contributed by atoms with E-state index in [0.717, 1.165) is 49.4 Å². The van der Waals surface area contributed by atoms with E-state index in [-0.39, 0.29) is 11.8 Å². The first kappa shape index (κ1) is 28.6. The SMILES string of the molecule is COc1ccc(CCN(C)CCC(C(=O)O)[C@@H]2CCc3cc(OC)c(OC)cc3[C@@H]2C(C)C)cc1OC. The second-order valence-electron chi connectivity index (χ2n) is 10.4. The van der Waals surface area contributed by atoms with Crippen molar-refractivity contribution in [2.24, 2.45) is 17.8 Å². The maximum Gasteiger partial charge on any atom is 0.306 e. The number of carbonyl (C=O) groups is 1. The van der Waals surface area contributed by atoms with E-state index in [0.29, 0.717) is 23.8 Å². The monoisotopic (exact) mass is 513 g/mol. The highest BCUT2D eigenvalue weighted by Gasteiger charge is 2.40. The molecular formula is C30H43NO6. The Morgan fingerprint density at radius 2 is 1.57 bits per heavy atom. The molecule has 0 aromatic heterocycles. The molecular weight excluding hydrogens is 470 g/mol. The van der Waals surface area contributed by atoms with Gasteiger partial charge in [-0.15, -0.1) is 0 Å². The Hall–Kier alpha value is -2.93. The zero-order valence-corrected chi connectivity index (χ0v) is 23.4. The number of ether oxygens (including phenoxy) is 4. The van der Waals surface area contributed by atoms with E-state index in [9.17, 15) is 9.90 Å². The Labute approximate surface area is 221 Å². The molecule has 3 rings (SSSR count). The lowest BCUT2D eigenvalue weighted by Crippen LogP contribution is -2.36. The number of aliphatic carboxylic acids is 1. The lowest BCUT2D eigenvalue weighted by atomic mass is 9.65. The van der Waals surface area contributed by atoms with Gasteiger partial charge in [-0.3, -0.25) is 4.79 Å². The number of likely N-dealkylation sites (N-methyl/N-ethyl adjacent to an activating group) is 1. The molecule has 0 saturated carbocycles. The third kappa shape index (κ3) is 6.69. The number of nitrogens with zero attached hydrogens (tertiary/aromatic N) is 1. The van der Waals surface area contributed by atoms with E-state index < -0.39 is 11.9 Å². The summed E-state index contributed by atoms with van der Waals surface area (Å²) in [5.74, 6) is 2.30. The van der Waals surface area contributed by atoms with Gasteiger partial charge in [-0.1, -0.05) is 19.9 Å². The van der Waals surface area contributed by atoms with Crippen LogP contribution in [0.25, 0.3) is 0 Å². The summed E-state index contributed by atoms with van der Waals surface area (Å²) >= 11 is 0. The number of rotatable bonds is 13. The molecule has 0 aliphatic heterocycles. The second kappa shape index (κ2) is 13.0. The van der Waals surface area contributed by atoms with Crippen LogP contribution in [0.1, 0.15) is 49.3 Å². The molecule has 1 unspecified atom stereocenters. The lowest BCUT2D eigenvalue weighted by Gasteiger charge is -2.40. The molecule has 0 radical (unpaired) electrons. The van der Waals surface area contributed by atoms with Gasteiger partial charge in [-0.25, -0.2) is 0 Å².